The summed E-state index contributed by atoms with van der Waals surface area (Å²) in [6.07, 6.45) is 2.73. The van der Waals surface area contributed by atoms with Crippen molar-refractivity contribution < 1.29 is 4.79 Å². The van der Waals surface area contributed by atoms with E-state index in [4.69, 9.17) is 0 Å². The van der Waals surface area contributed by atoms with Crippen LogP contribution < -0.4 is 5.32 Å². The second-order valence-corrected chi connectivity index (χ2v) is 6.71. The Labute approximate surface area is 148 Å². The SMILES string of the molecule is CCN(C)CC1CCN(C(=O)Nc2cccc(-c3ncn(C)n3)c2)C1. The molecule has 1 fully saturated rings. The maximum Gasteiger partial charge on any atom is 0.321 e. The first-order valence-electron chi connectivity index (χ1n) is 8.75. The molecule has 0 saturated carbocycles. The molecule has 0 spiro atoms. The number of carbonyl (C=O) groups is 1. The lowest BCUT2D eigenvalue weighted by Gasteiger charge is -2.20. The van der Waals surface area contributed by atoms with Crippen molar-refractivity contribution in [2.75, 3.05) is 38.5 Å². The number of aryl methyl sites for hydroxylation is 1. The predicted octanol–water partition coefficient (Wildman–Crippen LogP) is 2.29. The normalized spacial score (nSPS) is 17.3. The summed E-state index contributed by atoms with van der Waals surface area (Å²) in [6.45, 7) is 5.87. The highest BCUT2D eigenvalue weighted by Gasteiger charge is 2.26. The van der Waals surface area contributed by atoms with Gasteiger partial charge in [-0.1, -0.05) is 19.1 Å². The first-order valence-corrected chi connectivity index (χ1v) is 8.75. The molecule has 1 N–H and O–H groups in total. The number of benzene rings is 1. The van der Waals surface area contributed by atoms with Crippen molar-refractivity contribution in [3.63, 3.8) is 0 Å². The molecular formula is C18H26N6O. The Morgan fingerprint density at radius 3 is 3.00 bits per heavy atom. The molecule has 2 heterocycles. The van der Waals surface area contributed by atoms with Crippen LogP contribution in [0.1, 0.15) is 13.3 Å². The summed E-state index contributed by atoms with van der Waals surface area (Å²) >= 11 is 0. The van der Waals surface area contributed by atoms with Crippen LogP contribution >= 0.6 is 0 Å². The van der Waals surface area contributed by atoms with Crippen LogP contribution in [0.25, 0.3) is 11.4 Å². The fraction of sp³-hybridized carbons (Fsp3) is 0.500. The summed E-state index contributed by atoms with van der Waals surface area (Å²) in [5.74, 6) is 1.21. The Kier molecular flexibility index (Phi) is 5.33. The van der Waals surface area contributed by atoms with E-state index >= 15 is 0 Å². The summed E-state index contributed by atoms with van der Waals surface area (Å²) in [5.41, 5.74) is 1.66. The van der Waals surface area contributed by atoms with Crippen LogP contribution in [0.5, 0.6) is 0 Å². The van der Waals surface area contributed by atoms with E-state index in [0.29, 0.717) is 11.7 Å². The molecule has 0 radical (unpaired) electrons. The third-order valence-electron chi connectivity index (χ3n) is 4.65. The fourth-order valence-electron chi connectivity index (χ4n) is 3.15. The van der Waals surface area contributed by atoms with Crippen LogP contribution in [0.15, 0.2) is 30.6 Å². The number of aromatic nitrogens is 3. The second kappa shape index (κ2) is 7.65. The van der Waals surface area contributed by atoms with Crippen LogP contribution in [-0.4, -0.2) is 63.8 Å². The molecule has 1 aromatic heterocycles. The Bertz CT molecular complexity index is 728. The number of anilines is 1. The molecule has 2 amide bonds. The van der Waals surface area contributed by atoms with E-state index in [1.807, 2.05) is 36.2 Å². The van der Waals surface area contributed by atoms with Crippen molar-refractivity contribution in [2.24, 2.45) is 13.0 Å². The second-order valence-electron chi connectivity index (χ2n) is 6.71. The molecule has 3 rings (SSSR count). The van der Waals surface area contributed by atoms with Crippen molar-refractivity contribution in [1.82, 2.24) is 24.6 Å². The average Bonchev–Trinajstić information content (AvgIpc) is 3.24. The van der Waals surface area contributed by atoms with Crippen molar-refractivity contribution in [3.05, 3.63) is 30.6 Å². The van der Waals surface area contributed by atoms with E-state index in [1.165, 1.54) is 0 Å². The molecule has 2 aromatic rings. The molecule has 1 aliphatic heterocycles. The van der Waals surface area contributed by atoms with E-state index in [1.54, 1.807) is 11.0 Å². The zero-order valence-corrected chi connectivity index (χ0v) is 15.1. The molecule has 7 heteroatoms. The average molecular weight is 342 g/mol. The Hall–Kier alpha value is -2.41. The Balaban J connectivity index is 1.60. The first-order chi connectivity index (χ1) is 12.0. The van der Waals surface area contributed by atoms with E-state index in [2.05, 4.69) is 34.3 Å². The van der Waals surface area contributed by atoms with Crippen molar-refractivity contribution >= 4 is 11.7 Å². The summed E-state index contributed by atoms with van der Waals surface area (Å²) in [5, 5.41) is 7.30. The van der Waals surface area contributed by atoms with Gasteiger partial charge in [-0.05, 0) is 38.1 Å². The number of nitrogens with zero attached hydrogens (tertiary/aromatic N) is 5. The van der Waals surface area contributed by atoms with E-state index in [9.17, 15) is 4.79 Å². The van der Waals surface area contributed by atoms with Crippen molar-refractivity contribution in [1.29, 1.82) is 0 Å². The van der Waals surface area contributed by atoms with Crippen LogP contribution in [0, 0.1) is 5.92 Å². The smallest absolute Gasteiger partial charge is 0.321 e. The largest absolute Gasteiger partial charge is 0.324 e. The Morgan fingerprint density at radius 2 is 2.28 bits per heavy atom. The van der Waals surface area contributed by atoms with Gasteiger partial charge in [-0.15, -0.1) is 0 Å². The van der Waals surface area contributed by atoms with E-state index in [0.717, 1.165) is 43.9 Å². The molecule has 1 aromatic carbocycles. The minimum Gasteiger partial charge on any atom is -0.324 e. The minimum atomic E-state index is -0.0345. The highest BCUT2D eigenvalue weighted by Crippen LogP contribution is 2.21. The topological polar surface area (TPSA) is 66.3 Å². The highest BCUT2D eigenvalue weighted by atomic mass is 16.2. The fourth-order valence-corrected chi connectivity index (χ4v) is 3.15. The lowest BCUT2D eigenvalue weighted by molar-refractivity contribution is 0.218. The molecular weight excluding hydrogens is 316 g/mol. The number of amides is 2. The molecule has 1 unspecified atom stereocenters. The van der Waals surface area contributed by atoms with Crippen LogP contribution in [-0.2, 0) is 7.05 Å². The lowest BCUT2D eigenvalue weighted by atomic mass is 10.1. The third kappa shape index (κ3) is 4.36. The maximum absolute atomic E-state index is 12.5. The molecule has 25 heavy (non-hydrogen) atoms. The molecule has 1 aliphatic rings. The summed E-state index contributed by atoms with van der Waals surface area (Å²) in [4.78, 5) is 21.0. The van der Waals surface area contributed by atoms with Gasteiger partial charge in [-0.25, -0.2) is 9.78 Å². The molecule has 134 valence electrons. The van der Waals surface area contributed by atoms with Gasteiger partial charge in [-0.2, -0.15) is 5.10 Å². The quantitative estimate of drug-likeness (QED) is 0.905. The third-order valence-corrected chi connectivity index (χ3v) is 4.65. The number of likely N-dealkylation sites (tertiary alicyclic amines) is 1. The zero-order chi connectivity index (χ0) is 17.8. The number of hydrogen-bond donors (Lipinski definition) is 1. The van der Waals surface area contributed by atoms with Crippen molar-refractivity contribution in [2.45, 2.75) is 13.3 Å². The van der Waals surface area contributed by atoms with Gasteiger partial charge in [0.1, 0.15) is 6.33 Å². The zero-order valence-electron chi connectivity index (χ0n) is 15.1. The Morgan fingerprint density at radius 1 is 1.44 bits per heavy atom. The van der Waals surface area contributed by atoms with Gasteiger partial charge in [0.25, 0.3) is 0 Å². The minimum absolute atomic E-state index is 0.0345. The summed E-state index contributed by atoms with van der Waals surface area (Å²) < 4.78 is 1.66. The first kappa shape index (κ1) is 17.4. The van der Waals surface area contributed by atoms with Gasteiger partial charge in [0, 0.05) is 37.9 Å². The lowest BCUT2D eigenvalue weighted by Crippen LogP contribution is -2.34. The molecule has 0 aliphatic carbocycles. The van der Waals surface area contributed by atoms with E-state index in [-0.39, 0.29) is 6.03 Å². The van der Waals surface area contributed by atoms with Gasteiger partial charge in [-0.3, -0.25) is 4.68 Å². The molecule has 1 saturated heterocycles. The van der Waals surface area contributed by atoms with Gasteiger partial charge < -0.3 is 15.1 Å². The molecule has 1 atom stereocenters. The van der Waals surface area contributed by atoms with Gasteiger partial charge in [0.15, 0.2) is 5.82 Å². The highest BCUT2D eigenvalue weighted by molar-refractivity contribution is 5.90. The van der Waals surface area contributed by atoms with Gasteiger partial charge in [0.05, 0.1) is 0 Å². The summed E-state index contributed by atoms with van der Waals surface area (Å²) in [6, 6.07) is 7.61. The number of rotatable bonds is 5. The monoisotopic (exact) mass is 342 g/mol. The van der Waals surface area contributed by atoms with Gasteiger partial charge >= 0.3 is 6.03 Å². The van der Waals surface area contributed by atoms with Crippen LogP contribution in [0.4, 0.5) is 10.5 Å². The van der Waals surface area contributed by atoms with Crippen LogP contribution in [0.2, 0.25) is 0 Å². The van der Waals surface area contributed by atoms with Crippen molar-refractivity contribution in [3.8, 4) is 11.4 Å². The van der Waals surface area contributed by atoms with E-state index < -0.39 is 0 Å². The summed E-state index contributed by atoms with van der Waals surface area (Å²) in [7, 11) is 3.96. The predicted molar refractivity (Wildman–Crippen MR) is 98.3 cm³/mol. The number of urea groups is 1. The number of hydrogen-bond acceptors (Lipinski definition) is 4. The number of nitrogens with one attached hydrogen (secondary N) is 1. The maximum atomic E-state index is 12.5. The number of carbonyl (C=O) groups excluding carboxylic acids is 1. The van der Waals surface area contributed by atoms with Crippen LogP contribution in [0.3, 0.4) is 0 Å². The standard InChI is InChI=1S/C18H26N6O/c1-4-22(2)11-14-8-9-24(12-14)18(25)20-16-7-5-6-15(10-16)17-19-13-23(3)21-17/h5-7,10,13-14H,4,8-9,11-12H2,1-3H3,(H,20,25). The molecule has 0 bridgehead atoms. The van der Waals surface area contributed by atoms with Gasteiger partial charge in [0.2, 0.25) is 0 Å². The molecule has 7 nitrogen and oxygen atoms in total.